The molecule has 8 heteroatoms. The van der Waals surface area contributed by atoms with Crippen molar-refractivity contribution in [2.45, 2.75) is 13.8 Å². The molecule has 1 rings (SSSR count). The predicted octanol–water partition coefficient (Wildman–Crippen LogP) is 1.63. The maximum atomic E-state index is 12.0. The second-order valence-corrected chi connectivity index (χ2v) is 8.06. The van der Waals surface area contributed by atoms with Crippen LogP contribution in [0, 0.1) is 5.92 Å². The second kappa shape index (κ2) is 6.45. The van der Waals surface area contributed by atoms with Gasteiger partial charge in [0.1, 0.15) is 14.8 Å². The van der Waals surface area contributed by atoms with Crippen LogP contribution in [0.3, 0.4) is 0 Å². The van der Waals surface area contributed by atoms with E-state index in [9.17, 15) is 13.2 Å². The van der Waals surface area contributed by atoms with Gasteiger partial charge < -0.3 is 15.8 Å². The molecule has 0 amide bonds. The normalized spacial score (nSPS) is 11.7. The van der Waals surface area contributed by atoms with Gasteiger partial charge in [-0.25, -0.2) is 8.42 Å². The van der Waals surface area contributed by atoms with Gasteiger partial charge in [-0.2, -0.15) is 0 Å². The van der Waals surface area contributed by atoms with Crippen molar-refractivity contribution >= 4 is 37.6 Å². The van der Waals surface area contributed by atoms with Crippen molar-refractivity contribution in [1.82, 2.24) is 0 Å². The number of hydrogen-bond acceptors (Lipinski definition) is 7. The van der Waals surface area contributed by atoms with Crippen LogP contribution < -0.4 is 15.8 Å². The van der Waals surface area contributed by atoms with Crippen molar-refractivity contribution in [2.75, 3.05) is 36.7 Å². The molecule has 1 heterocycles. The van der Waals surface area contributed by atoms with E-state index in [1.165, 1.54) is 24.7 Å². The highest BCUT2D eigenvalue weighted by atomic mass is 32.2. The van der Waals surface area contributed by atoms with E-state index in [4.69, 9.17) is 10.5 Å². The van der Waals surface area contributed by atoms with E-state index in [1.807, 2.05) is 0 Å². The zero-order valence-corrected chi connectivity index (χ0v) is 13.7. The Morgan fingerprint density at radius 3 is 2.50 bits per heavy atom. The third kappa shape index (κ3) is 4.11. The van der Waals surface area contributed by atoms with Gasteiger partial charge in [0.2, 0.25) is 0 Å². The van der Waals surface area contributed by atoms with E-state index < -0.39 is 9.84 Å². The first-order chi connectivity index (χ1) is 9.17. The average Bonchev–Trinajstić information content (AvgIpc) is 2.63. The molecule has 114 valence electrons. The van der Waals surface area contributed by atoms with Gasteiger partial charge in [-0.1, -0.05) is 13.8 Å². The van der Waals surface area contributed by atoms with Gasteiger partial charge in [0, 0.05) is 18.7 Å². The number of methoxy groups -OCH3 is 1. The summed E-state index contributed by atoms with van der Waals surface area (Å²) in [5.41, 5.74) is 6.22. The first-order valence-electron chi connectivity index (χ1n) is 6.09. The number of thiophene rings is 1. The molecule has 0 bridgehead atoms. The number of Topliss-reactive ketones (excluding diaryl/α,β-unsaturated/α-hetero) is 1. The predicted molar refractivity (Wildman–Crippen MR) is 82.7 cm³/mol. The fraction of sp³-hybridized carbons (Fsp3) is 0.583. The van der Waals surface area contributed by atoms with Crippen molar-refractivity contribution in [2.24, 2.45) is 5.92 Å². The Morgan fingerprint density at radius 1 is 1.45 bits per heavy atom. The summed E-state index contributed by atoms with van der Waals surface area (Å²) in [5, 5.41) is 3.54. The Morgan fingerprint density at radius 2 is 2.05 bits per heavy atom. The lowest BCUT2D eigenvalue weighted by Crippen LogP contribution is -2.13. The van der Waals surface area contributed by atoms with E-state index in [2.05, 4.69) is 5.32 Å². The number of sulfone groups is 1. The number of ketones is 1. The van der Waals surface area contributed by atoms with E-state index in [-0.39, 0.29) is 24.0 Å². The molecule has 0 atom stereocenters. The Balaban J connectivity index is 2.97. The van der Waals surface area contributed by atoms with Crippen LogP contribution in [0.5, 0.6) is 5.75 Å². The minimum atomic E-state index is -3.04. The molecule has 3 N–H and O–H groups in total. The highest BCUT2D eigenvalue weighted by molar-refractivity contribution is 7.90. The van der Waals surface area contributed by atoms with Crippen LogP contribution >= 0.6 is 11.3 Å². The van der Waals surface area contributed by atoms with Crippen molar-refractivity contribution in [3.63, 3.8) is 0 Å². The fourth-order valence-corrected chi connectivity index (χ4v) is 3.22. The molecule has 0 saturated carbocycles. The summed E-state index contributed by atoms with van der Waals surface area (Å²) in [6, 6.07) is 0. The Hall–Kier alpha value is -1.28. The third-order valence-electron chi connectivity index (χ3n) is 2.61. The molecule has 0 unspecified atom stereocenters. The molecule has 0 fully saturated rings. The minimum absolute atomic E-state index is 0.00141. The van der Waals surface area contributed by atoms with Crippen LogP contribution in [-0.4, -0.2) is 39.9 Å². The lowest BCUT2D eigenvalue weighted by Gasteiger charge is -2.06. The van der Waals surface area contributed by atoms with Gasteiger partial charge in [0.05, 0.1) is 23.4 Å². The van der Waals surface area contributed by atoms with E-state index in [0.717, 1.165) is 0 Å². The number of carbonyl (C=O) groups is 1. The van der Waals surface area contributed by atoms with Gasteiger partial charge in [-0.05, 0) is 0 Å². The summed E-state index contributed by atoms with van der Waals surface area (Å²) in [4.78, 5) is 12.5. The van der Waals surface area contributed by atoms with Gasteiger partial charge in [-0.3, -0.25) is 4.79 Å². The van der Waals surface area contributed by atoms with Crippen LogP contribution in [0.4, 0.5) is 10.7 Å². The first kappa shape index (κ1) is 16.8. The summed E-state index contributed by atoms with van der Waals surface area (Å²) < 4.78 is 27.4. The first-order valence-corrected chi connectivity index (χ1v) is 8.97. The number of rotatable bonds is 7. The molecule has 6 nitrogen and oxygen atoms in total. The highest BCUT2D eigenvalue weighted by Crippen LogP contribution is 2.43. The topological polar surface area (TPSA) is 98.5 Å². The van der Waals surface area contributed by atoms with Gasteiger partial charge in [0.15, 0.2) is 11.5 Å². The standard InChI is InChI=1S/C12H20N2O4S2/c1-7(2)9(15)11-8(13)10(18-3)12(19-11)14-5-6-20(4,16)17/h7,14H,5-6,13H2,1-4H3. The van der Waals surface area contributed by atoms with Gasteiger partial charge >= 0.3 is 0 Å². The number of nitrogens with two attached hydrogens (primary N) is 1. The summed E-state index contributed by atoms with van der Waals surface area (Å²) >= 11 is 1.19. The van der Waals surface area contributed by atoms with Crippen molar-refractivity contribution in [3.05, 3.63) is 4.88 Å². The van der Waals surface area contributed by atoms with Crippen molar-refractivity contribution in [1.29, 1.82) is 0 Å². The minimum Gasteiger partial charge on any atom is -0.492 e. The lowest BCUT2D eigenvalue weighted by atomic mass is 10.1. The number of anilines is 2. The van der Waals surface area contributed by atoms with Crippen LogP contribution in [0.2, 0.25) is 0 Å². The summed E-state index contributed by atoms with van der Waals surface area (Å²) in [6.45, 7) is 3.83. The number of nitrogen functional groups attached to an aromatic ring is 1. The molecule has 1 aromatic heterocycles. The van der Waals surface area contributed by atoms with Crippen LogP contribution in [0.15, 0.2) is 0 Å². The van der Waals surface area contributed by atoms with Gasteiger partial charge in [-0.15, -0.1) is 11.3 Å². The zero-order chi connectivity index (χ0) is 15.5. The number of carbonyl (C=O) groups excluding carboxylic acids is 1. The van der Waals surface area contributed by atoms with Crippen LogP contribution in [0.1, 0.15) is 23.5 Å². The highest BCUT2D eigenvalue weighted by Gasteiger charge is 2.23. The maximum absolute atomic E-state index is 12.0. The summed E-state index contributed by atoms with van der Waals surface area (Å²) in [5.74, 6) is 0.181. The van der Waals surface area contributed by atoms with Crippen molar-refractivity contribution < 1.29 is 17.9 Å². The number of nitrogens with one attached hydrogen (secondary N) is 1. The molecule has 0 spiro atoms. The largest absolute Gasteiger partial charge is 0.492 e. The molecule has 20 heavy (non-hydrogen) atoms. The van der Waals surface area contributed by atoms with Gasteiger partial charge in [0.25, 0.3) is 0 Å². The molecule has 0 radical (unpaired) electrons. The molecular weight excluding hydrogens is 300 g/mol. The zero-order valence-electron chi connectivity index (χ0n) is 12.0. The molecule has 0 aliphatic carbocycles. The number of hydrogen-bond donors (Lipinski definition) is 2. The Kier molecular flexibility index (Phi) is 5.41. The quantitative estimate of drug-likeness (QED) is 0.741. The maximum Gasteiger partial charge on any atom is 0.177 e. The summed E-state index contributed by atoms with van der Waals surface area (Å²) in [7, 11) is -1.58. The van der Waals surface area contributed by atoms with Crippen molar-refractivity contribution in [3.8, 4) is 5.75 Å². The Labute approximate surface area is 123 Å². The third-order valence-corrected chi connectivity index (χ3v) is 4.72. The molecular formula is C12H20N2O4S2. The monoisotopic (exact) mass is 320 g/mol. The summed E-state index contributed by atoms with van der Waals surface area (Å²) in [6.07, 6.45) is 1.17. The molecule has 0 aliphatic heterocycles. The molecule has 0 aliphatic rings. The van der Waals surface area contributed by atoms with Crippen LogP contribution in [-0.2, 0) is 9.84 Å². The number of ether oxygens (including phenoxy) is 1. The second-order valence-electron chi connectivity index (χ2n) is 4.78. The lowest BCUT2D eigenvalue weighted by molar-refractivity contribution is 0.0944. The molecule has 0 aromatic carbocycles. The smallest absolute Gasteiger partial charge is 0.177 e. The van der Waals surface area contributed by atoms with E-state index >= 15 is 0 Å². The van der Waals surface area contributed by atoms with Crippen LogP contribution in [0.25, 0.3) is 0 Å². The average molecular weight is 320 g/mol. The SMILES string of the molecule is COc1c(NCCS(C)(=O)=O)sc(C(=O)C(C)C)c1N. The van der Waals surface area contributed by atoms with E-state index in [1.54, 1.807) is 13.8 Å². The molecule has 1 aromatic rings. The Bertz CT molecular complexity index is 591. The molecule has 0 saturated heterocycles. The fourth-order valence-electron chi connectivity index (χ4n) is 1.54. The van der Waals surface area contributed by atoms with E-state index in [0.29, 0.717) is 21.3 Å².